The summed E-state index contributed by atoms with van der Waals surface area (Å²) in [6, 6.07) is 8.10. The highest BCUT2D eigenvalue weighted by Gasteiger charge is 2.26. The van der Waals surface area contributed by atoms with Gasteiger partial charge in [0, 0.05) is 10.9 Å². The van der Waals surface area contributed by atoms with E-state index in [9.17, 15) is 0 Å². The maximum absolute atomic E-state index is 5.72. The van der Waals surface area contributed by atoms with Gasteiger partial charge in [-0.25, -0.2) is 0 Å². The average Bonchev–Trinajstić information content (AvgIpc) is 2.67. The Hall–Kier alpha value is -0.420. The van der Waals surface area contributed by atoms with E-state index < -0.39 is 0 Å². The Bertz CT molecular complexity index is 332. The monoisotopic (exact) mass is 271 g/mol. The molecule has 4 heteroatoms. The average molecular weight is 272 g/mol. The molecule has 0 aliphatic carbocycles. The number of hydrogen-bond acceptors (Lipinski definition) is 3. The molecule has 0 bridgehead atoms. The molecule has 2 unspecified atom stereocenters. The second-order valence-corrected chi connectivity index (χ2v) is 4.44. The molecule has 1 aliphatic heterocycles. The van der Waals surface area contributed by atoms with Gasteiger partial charge in [0.05, 0.1) is 6.61 Å². The van der Waals surface area contributed by atoms with Crippen molar-refractivity contribution >= 4 is 15.9 Å². The van der Waals surface area contributed by atoms with E-state index >= 15 is 0 Å². The van der Waals surface area contributed by atoms with Crippen LogP contribution in [-0.2, 0) is 9.47 Å². The lowest BCUT2D eigenvalue weighted by Gasteiger charge is -2.10. The van der Waals surface area contributed by atoms with Gasteiger partial charge in [0.25, 0.3) is 0 Å². The predicted molar refractivity (Wildman–Crippen MR) is 61.4 cm³/mol. The third-order valence-corrected chi connectivity index (χ3v) is 2.87. The van der Waals surface area contributed by atoms with Gasteiger partial charge in [-0.2, -0.15) is 0 Å². The summed E-state index contributed by atoms with van der Waals surface area (Å²) in [5.41, 5.74) is 6.59. The molecule has 2 N–H and O–H groups in total. The summed E-state index contributed by atoms with van der Waals surface area (Å²) < 4.78 is 12.3. The Morgan fingerprint density at radius 2 is 2.33 bits per heavy atom. The molecule has 2 rings (SSSR count). The van der Waals surface area contributed by atoms with E-state index in [1.165, 1.54) is 0 Å². The maximum Gasteiger partial charge on any atom is 0.159 e. The Balaban J connectivity index is 2.01. The topological polar surface area (TPSA) is 44.5 Å². The van der Waals surface area contributed by atoms with Gasteiger partial charge in [-0.15, -0.1) is 0 Å². The van der Waals surface area contributed by atoms with Crippen LogP contribution in [0.4, 0.5) is 0 Å². The normalized spacial score (nSPS) is 25.7. The Kier molecular flexibility index (Phi) is 3.75. The molecule has 82 valence electrons. The summed E-state index contributed by atoms with van der Waals surface area (Å²) in [4.78, 5) is 0. The van der Waals surface area contributed by atoms with Crippen molar-refractivity contribution in [1.29, 1.82) is 0 Å². The minimum atomic E-state index is -0.140. The number of benzene rings is 1. The van der Waals surface area contributed by atoms with E-state index in [0.717, 1.165) is 16.5 Å². The SMILES string of the molecule is NCCC1OCC(c2cccc(Br)c2)O1. The Morgan fingerprint density at radius 3 is 3.07 bits per heavy atom. The highest BCUT2D eigenvalue weighted by molar-refractivity contribution is 9.10. The van der Waals surface area contributed by atoms with Gasteiger partial charge in [0.1, 0.15) is 6.10 Å². The molecule has 3 nitrogen and oxygen atoms in total. The summed E-state index contributed by atoms with van der Waals surface area (Å²) in [5.74, 6) is 0. The van der Waals surface area contributed by atoms with Crippen molar-refractivity contribution < 1.29 is 9.47 Å². The molecule has 0 radical (unpaired) electrons. The van der Waals surface area contributed by atoms with Crippen molar-refractivity contribution in [2.75, 3.05) is 13.2 Å². The van der Waals surface area contributed by atoms with Gasteiger partial charge in [0.2, 0.25) is 0 Å². The van der Waals surface area contributed by atoms with Crippen molar-refractivity contribution in [3.63, 3.8) is 0 Å². The largest absolute Gasteiger partial charge is 0.350 e. The third-order valence-electron chi connectivity index (χ3n) is 2.37. The quantitative estimate of drug-likeness (QED) is 0.917. The van der Waals surface area contributed by atoms with Gasteiger partial charge in [-0.3, -0.25) is 0 Å². The first-order valence-corrected chi connectivity index (χ1v) is 5.81. The van der Waals surface area contributed by atoms with E-state index in [1.54, 1.807) is 0 Å². The van der Waals surface area contributed by atoms with Crippen LogP contribution in [-0.4, -0.2) is 19.4 Å². The molecule has 1 aromatic carbocycles. The van der Waals surface area contributed by atoms with Gasteiger partial charge in [-0.05, 0) is 24.2 Å². The molecule has 1 saturated heterocycles. The van der Waals surface area contributed by atoms with E-state index in [0.29, 0.717) is 13.2 Å². The lowest BCUT2D eigenvalue weighted by molar-refractivity contribution is -0.0606. The molecule has 0 aromatic heterocycles. The second kappa shape index (κ2) is 5.07. The van der Waals surface area contributed by atoms with E-state index in [4.69, 9.17) is 15.2 Å². The van der Waals surface area contributed by atoms with Crippen LogP contribution >= 0.6 is 15.9 Å². The fourth-order valence-electron chi connectivity index (χ4n) is 1.63. The highest BCUT2D eigenvalue weighted by atomic mass is 79.9. The fourth-order valence-corrected chi connectivity index (χ4v) is 2.04. The van der Waals surface area contributed by atoms with Crippen LogP contribution in [0, 0.1) is 0 Å². The maximum atomic E-state index is 5.72. The molecular weight excluding hydrogens is 258 g/mol. The minimum absolute atomic E-state index is 0.0408. The molecule has 0 amide bonds. The van der Waals surface area contributed by atoms with E-state index in [-0.39, 0.29) is 12.4 Å². The van der Waals surface area contributed by atoms with Gasteiger partial charge < -0.3 is 15.2 Å². The van der Waals surface area contributed by atoms with Crippen LogP contribution < -0.4 is 5.73 Å². The fraction of sp³-hybridized carbons (Fsp3) is 0.455. The number of nitrogens with two attached hydrogens (primary N) is 1. The zero-order valence-electron chi connectivity index (χ0n) is 8.36. The first-order chi connectivity index (χ1) is 7.29. The summed E-state index contributed by atoms with van der Waals surface area (Å²) in [6.45, 7) is 1.21. The van der Waals surface area contributed by atoms with Gasteiger partial charge in [0.15, 0.2) is 6.29 Å². The summed E-state index contributed by atoms with van der Waals surface area (Å²) in [7, 11) is 0. The lowest BCUT2D eigenvalue weighted by atomic mass is 10.1. The first kappa shape index (κ1) is 11.1. The number of halogens is 1. The molecule has 15 heavy (non-hydrogen) atoms. The third kappa shape index (κ3) is 2.78. The van der Waals surface area contributed by atoms with Crippen molar-refractivity contribution in [3.8, 4) is 0 Å². The summed E-state index contributed by atoms with van der Waals surface area (Å²) in [5, 5.41) is 0. The second-order valence-electron chi connectivity index (χ2n) is 3.52. The van der Waals surface area contributed by atoms with Crippen LogP contribution in [0.25, 0.3) is 0 Å². The zero-order chi connectivity index (χ0) is 10.7. The van der Waals surface area contributed by atoms with Crippen LogP contribution in [0.5, 0.6) is 0 Å². The molecule has 0 saturated carbocycles. The van der Waals surface area contributed by atoms with E-state index in [2.05, 4.69) is 22.0 Å². The molecular formula is C11H14BrNO2. The predicted octanol–water partition coefficient (Wildman–Crippen LogP) is 2.21. The molecule has 1 aliphatic rings. The number of ether oxygens (including phenoxy) is 2. The van der Waals surface area contributed by atoms with Crippen LogP contribution in [0.3, 0.4) is 0 Å². The number of hydrogen-bond donors (Lipinski definition) is 1. The minimum Gasteiger partial charge on any atom is -0.350 e. The zero-order valence-corrected chi connectivity index (χ0v) is 9.94. The van der Waals surface area contributed by atoms with Crippen molar-refractivity contribution in [1.82, 2.24) is 0 Å². The van der Waals surface area contributed by atoms with Crippen LogP contribution in [0.15, 0.2) is 28.7 Å². The standard InChI is InChI=1S/C11H14BrNO2/c12-9-3-1-2-8(6-9)10-7-14-11(15-10)4-5-13/h1-3,6,10-11H,4-5,7,13H2. The highest BCUT2D eigenvalue weighted by Crippen LogP contribution is 2.28. The molecule has 1 aromatic rings. The Morgan fingerprint density at radius 1 is 1.47 bits per heavy atom. The van der Waals surface area contributed by atoms with Crippen LogP contribution in [0.1, 0.15) is 18.1 Å². The van der Waals surface area contributed by atoms with Crippen molar-refractivity contribution in [3.05, 3.63) is 34.3 Å². The summed E-state index contributed by atoms with van der Waals surface area (Å²) in [6.07, 6.45) is 0.655. The lowest BCUT2D eigenvalue weighted by Crippen LogP contribution is -2.14. The van der Waals surface area contributed by atoms with Crippen LogP contribution in [0.2, 0.25) is 0 Å². The molecule has 1 fully saturated rings. The van der Waals surface area contributed by atoms with E-state index in [1.807, 2.05) is 18.2 Å². The summed E-state index contributed by atoms with van der Waals surface area (Å²) >= 11 is 3.44. The molecule has 1 heterocycles. The molecule has 0 spiro atoms. The van der Waals surface area contributed by atoms with Crippen molar-refractivity contribution in [2.45, 2.75) is 18.8 Å². The Labute approximate surface area is 97.7 Å². The first-order valence-electron chi connectivity index (χ1n) is 5.02. The van der Waals surface area contributed by atoms with Crippen molar-refractivity contribution in [2.24, 2.45) is 5.73 Å². The smallest absolute Gasteiger partial charge is 0.159 e. The molecule has 2 atom stereocenters. The number of rotatable bonds is 3. The van der Waals surface area contributed by atoms with Gasteiger partial charge in [-0.1, -0.05) is 28.1 Å². The van der Waals surface area contributed by atoms with Gasteiger partial charge >= 0.3 is 0 Å².